The number of rotatable bonds is 9. The topological polar surface area (TPSA) is 46.2 Å². The molecule has 0 bridgehead atoms. The lowest BCUT2D eigenvalue weighted by molar-refractivity contribution is -0.149. The molecule has 15 heavy (non-hydrogen) atoms. The fourth-order valence-corrected chi connectivity index (χ4v) is 1.43. The van der Waals surface area contributed by atoms with Gasteiger partial charge in [0.2, 0.25) is 0 Å². The minimum absolute atomic E-state index is 0.0530. The standard InChI is InChI=1S/C12H23O3/c1-3-5-8-11(4-2)12(14)15-10-7-6-9-13/h11H,3-10H2,1-2H3. The SMILES string of the molecule is CCCCC(CC)C(=O)OCCCC[O]. The number of ether oxygens (including phenoxy) is 1. The zero-order chi connectivity index (χ0) is 11.5. The molecule has 0 rings (SSSR count). The Kier molecular flexibility index (Phi) is 9.59. The van der Waals surface area contributed by atoms with Crippen LogP contribution in [-0.4, -0.2) is 19.2 Å². The molecule has 1 radical (unpaired) electrons. The molecule has 0 aromatic heterocycles. The first-order valence-electron chi connectivity index (χ1n) is 6.00. The molecule has 0 aromatic carbocycles. The van der Waals surface area contributed by atoms with E-state index in [2.05, 4.69) is 6.92 Å². The Balaban J connectivity index is 3.63. The molecule has 0 heterocycles. The quantitative estimate of drug-likeness (QED) is 0.438. The fraction of sp³-hybridized carbons (Fsp3) is 0.917. The zero-order valence-corrected chi connectivity index (χ0v) is 9.96. The Bertz CT molecular complexity index is 157. The summed E-state index contributed by atoms with van der Waals surface area (Å²) in [7, 11) is 0. The van der Waals surface area contributed by atoms with Gasteiger partial charge in [-0.1, -0.05) is 26.7 Å². The van der Waals surface area contributed by atoms with E-state index < -0.39 is 0 Å². The molecule has 0 N–H and O–H groups in total. The Morgan fingerprint density at radius 2 is 1.93 bits per heavy atom. The summed E-state index contributed by atoms with van der Waals surface area (Å²) in [4.78, 5) is 11.5. The molecule has 0 amide bonds. The zero-order valence-electron chi connectivity index (χ0n) is 9.96. The van der Waals surface area contributed by atoms with Crippen molar-refractivity contribution in [2.45, 2.75) is 52.4 Å². The third kappa shape index (κ3) is 7.37. The number of hydrogen-bond acceptors (Lipinski definition) is 2. The van der Waals surface area contributed by atoms with Gasteiger partial charge in [-0.2, -0.15) is 0 Å². The molecule has 89 valence electrons. The molecule has 1 unspecified atom stereocenters. The van der Waals surface area contributed by atoms with E-state index in [1.54, 1.807) is 0 Å². The van der Waals surface area contributed by atoms with Gasteiger partial charge < -0.3 is 4.74 Å². The number of unbranched alkanes of at least 4 members (excludes halogenated alkanes) is 2. The molecule has 0 aliphatic heterocycles. The minimum Gasteiger partial charge on any atom is -0.465 e. The summed E-state index contributed by atoms with van der Waals surface area (Å²) < 4.78 is 5.12. The Morgan fingerprint density at radius 1 is 1.20 bits per heavy atom. The summed E-state index contributed by atoms with van der Waals surface area (Å²) in [6.45, 7) is 4.46. The van der Waals surface area contributed by atoms with Crippen LogP contribution in [0.2, 0.25) is 0 Å². The summed E-state index contributed by atoms with van der Waals surface area (Å²) in [5, 5.41) is 10.2. The normalized spacial score (nSPS) is 12.5. The molecule has 0 spiro atoms. The van der Waals surface area contributed by atoms with Crippen molar-refractivity contribution in [1.82, 2.24) is 0 Å². The molecule has 0 saturated heterocycles. The maximum absolute atomic E-state index is 11.5. The van der Waals surface area contributed by atoms with Crippen LogP contribution in [0.15, 0.2) is 0 Å². The summed E-state index contributed by atoms with van der Waals surface area (Å²) in [5.41, 5.74) is 0. The van der Waals surface area contributed by atoms with E-state index in [0.717, 1.165) is 25.7 Å². The largest absolute Gasteiger partial charge is 0.465 e. The predicted molar refractivity (Wildman–Crippen MR) is 59.1 cm³/mol. The van der Waals surface area contributed by atoms with Gasteiger partial charge in [0.25, 0.3) is 0 Å². The molecular formula is C12H23O3. The predicted octanol–water partition coefficient (Wildman–Crippen LogP) is 2.96. The first kappa shape index (κ1) is 14.4. The lowest BCUT2D eigenvalue weighted by Gasteiger charge is -2.13. The Morgan fingerprint density at radius 3 is 2.47 bits per heavy atom. The van der Waals surface area contributed by atoms with E-state index in [0.29, 0.717) is 19.4 Å². The number of carbonyl (C=O) groups is 1. The number of carbonyl (C=O) groups excluding carboxylic acids is 1. The van der Waals surface area contributed by atoms with Crippen LogP contribution in [-0.2, 0) is 14.6 Å². The van der Waals surface area contributed by atoms with E-state index in [9.17, 15) is 9.90 Å². The highest BCUT2D eigenvalue weighted by Gasteiger charge is 2.16. The average Bonchev–Trinajstić information content (AvgIpc) is 2.25. The van der Waals surface area contributed by atoms with Gasteiger partial charge in [-0.05, 0) is 25.7 Å². The van der Waals surface area contributed by atoms with Crippen LogP contribution in [0.1, 0.15) is 52.4 Å². The van der Waals surface area contributed by atoms with Crippen molar-refractivity contribution in [1.29, 1.82) is 0 Å². The van der Waals surface area contributed by atoms with Gasteiger partial charge in [0.05, 0.1) is 19.1 Å². The van der Waals surface area contributed by atoms with Crippen molar-refractivity contribution in [3.63, 3.8) is 0 Å². The average molecular weight is 215 g/mol. The second-order valence-electron chi connectivity index (χ2n) is 3.83. The summed E-state index contributed by atoms with van der Waals surface area (Å²) in [6.07, 6.45) is 5.25. The summed E-state index contributed by atoms with van der Waals surface area (Å²) >= 11 is 0. The number of hydrogen-bond donors (Lipinski definition) is 0. The van der Waals surface area contributed by atoms with Crippen LogP contribution < -0.4 is 0 Å². The minimum atomic E-state index is -0.0863. The molecule has 3 nitrogen and oxygen atoms in total. The van der Waals surface area contributed by atoms with Crippen LogP contribution in [0.5, 0.6) is 0 Å². The van der Waals surface area contributed by atoms with Crippen LogP contribution >= 0.6 is 0 Å². The molecule has 0 fully saturated rings. The van der Waals surface area contributed by atoms with Crippen molar-refractivity contribution < 1.29 is 14.6 Å². The maximum Gasteiger partial charge on any atom is 0.308 e. The van der Waals surface area contributed by atoms with E-state index >= 15 is 0 Å². The Hall–Kier alpha value is -0.570. The third-order valence-electron chi connectivity index (χ3n) is 2.52. The second-order valence-corrected chi connectivity index (χ2v) is 3.83. The van der Waals surface area contributed by atoms with Crippen molar-refractivity contribution >= 4 is 5.97 Å². The lowest BCUT2D eigenvalue weighted by Crippen LogP contribution is -2.17. The Labute approximate surface area is 92.8 Å². The van der Waals surface area contributed by atoms with Crippen molar-refractivity contribution in [2.75, 3.05) is 13.2 Å². The van der Waals surface area contributed by atoms with Gasteiger partial charge >= 0.3 is 5.97 Å². The van der Waals surface area contributed by atoms with Gasteiger partial charge in [0.15, 0.2) is 0 Å². The van der Waals surface area contributed by atoms with Gasteiger partial charge in [-0.3, -0.25) is 4.79 Å². The molecule has 0 aliphatic carbocycles. The van der Waals surface area contributed by atoms with Crippen molar-refractivity contribution in [3.8, 4) is 0 Å². The van der Waals surface area contributed by atoms with E-state index in [1.807, 2.05) is 6.92 Å². The van der Waals surface area contributed by atoms with Gasteiger partial charge in [0.1, 0.15) is 0 Å². The van der Waals surface area contributed by atoms with Crippen LogP contribution in [0.3, 0.4) is 0 Å². The number of esters is 1. The molecule has 1 atom stereocenters. The van der Waals surface area contributed by atoms with Gasteiger partial charge in [-0.15, -0.1) is 0 Å². The highest BCUT2D eigenvalue weighted by molar-refractivity contribution is 5.72. The molecule has 0 aliphatic rings. The van der Waals surface area contributed by atoms with Crippen LogP contribution in [0.25, 0.3) is 0 Å². The monoisotopic (exact) mass is 215 g/mol. The smallest absolute Gasteiger partial charge is 0.308 e. The van der Waals surface area contributed by atoms with E-state index in [1.165, 1.54) is 0 Å². The first-order valence-corrected chi connectivity index (χ1v) is 6.00. The fourth-order valence-electron chi connectivity index (χ4n) is 1.43. The second kappa shape index (κ2) is 9.97. The molecular weight excluding hydrogens is 192 g/mol. The molecule has 3 heteroatoms. The maximum atomic E-state index is 11.5. The lowest BCUT2D eigenvalue weighted by atomic mass is 10.00. The first-order chi connectivity index (χ1) is 7.26. The van der Waals surface area contributed by atoms with E-state index in [4.69, 9.17) is 4.74 Å². The van der Waals surface area contributed by atoms with Crippen molar-refractivity contribution in [3.05, 3.63) is 0 Å². The highest BCUT2D eigenvalue weighted by atomic mass is 16.5. The summed E-state index contributed by atoms with van der Waals surface area (Å²) in [6, 6.07) is 0. The van der Waals surface area contributed by atoms with E-state index in [-0.39, 0.29) is 18.5 Å². The van der Waals surface area contributed by atoms with Gasteiger partial charge in [0, 0.05) is 0 Å². The van der Waals surface area contributed by atoms with Crippen LogP contribution in [0, 0.1) is 5.92 Å². The van der Waals surface area contributed by atoms with Crippen molar-refractivity contribution in [2.24, 2.45) is 5.92 Å². The highest BCUT2D eigenvalue weighted by Crippen LogP contribution is 2.14. The summed E-state index contributed by atoms with van der Waals surface area (Å²) in [5.74, 6) is -0.0333. The van der Waals surface area contributed by atoms with Crippen LogP contribution in [0.4, 0.5) is 0 Å². The third-order valence-corrected chi connectivity index (χ3v) is 2.52. The molecule has 0 saturated carbocycles. The molecule has 0 aromatic rings. The van der Waals surface area contributed by atoms with Gasteiger partial charge in [-0.25, -0.2) is 5.11 Å².